The number of nitrogens with two attached hydrogens (primary N) is 1. The normalized spacial score (nSPS) is 41.3. The second-order valence-electron chi connectivity index (χ2n) is 13.2. The number of ether oxygens (including phenoxy) is 2. The van der Waals surface area contributed by atoms with Gasteiger partial charge in [0.2, 0.25) is 5.12 Å². The number of nitrogens with zero attached hydrogens (tertiary/aromatic N) is 1. The first-order valence-electron chi connectivity index (χ1n) is 14.8. The van der Waals surface area contributed by atoms with E-state index in [0.29, 0.717) is 25.8 Å². The standard InChI is InChI=1S/C33H36Cl2N2O5S/c1-30-11-9-23(38)13-21(30)5-8-24-25-14-27-33(29(40)43-18-34,31(25,2)15-26(39)32(24,30)35)42-28(41-27)20-10-12-37(17-20)16-19-3-6-22(36)7-4-19/h3-4,6-7,9-13,17,24-28,39H,5,8,14-16,18,36H2,1-2H3/t24-,25-,26-,27+,28+,30-,31-,32-,33-/m0/s1. The van der Waals surface area contributed by atoms with Crippen LogP contribution in [0.3, 0.4) is 0 Å². The molecular weight excluding hydrogens is 607 g/mol. The minimum Gasteiger partial charge on any atom is -0.399 e. The Labute approximate surface area is 265 Å². The Morgan fingerprint density at radius 3 is 2.72 bits per heavy atom. The predicted octanol–water partition coefficient (Wildman–Crippen LogP) is 5.98. The van der Waals surface area contributed by atoms with E-state index in [2.05, 4.69) is 11.5 Å². The Morgan fingerprint density at radius 1 is 1.21 bits per heavy atom. The summed E-state index contributed by atoms with van der Waals surface area (Å²) in [6.45, 7) is 4.75. The van der Waals surface area contributed by atoms with E-state index in [1.807, 2.05) is 55.7 Å². The molecule has 7 nitrogen and oxygen atoms in total. The average Bonchev–Trinajstić information content (AvgIpc) is 3.65. The summed E-state index contributed by atoms with van der Waals surface area (Å²) in [7, 11) is 0. The third-order valence-corrected chi connectivity index (χ3v) is 13.2. The average molecular weight is 644 g/mol. The van der Waals surface area contributed by atoms with Crippen LogP contribution in [0.25, 0.3) is 0 Å². The molecule has 4 aliphatic carbocycles. The number of rotatable bonds is 5. The van der Waals surface area contributed by atoms with Gasteiger partial charge in [-0.25, -0.2) is 0 Å². The van der Waals surface area contributed by atoms with Crippen LogP contribution in [0.5, 0.6) is 0 Å². The molecule has 1 aromatic heterocycles. The van der Waals surface area contributed by atoms with E-state index >= 15 is 0 Å². The van der Waals surface area contributed by atoms with E-state index in [1.54, 1.807) is 12.2 Å². The first kappa shape index (κ1) is 29.6. The molecule has 0 unspecified atom stereocenters. The molecule has 1 aromatic carbocycles. The highest BCUT2D eigenvalue weighted by Gasteiger charge is 2.78. The second-order valence-corrected chi connectivity index (χ2v) is 15.4. The monoisotopic (exact) mass is 642 g/mol. The van der Waals surface area contributed by atoms with Crippen molar-refractivity contribution in [3.05, 3.63) is 77.7 Å². The first-order valence-corrected chi connectivity index (χ1v) is 16.7. The highest BCUT2D eigenvalue weighted by Crippen LogP contribution is 2.73. The number of nitrogen functional groups attached to an aromatic ring is 1. The van der Waals surface area contributed by atoms with Gasteiger partial charge in [0.25, 0.3) is 0 Å². The fourth-order valence-corrected chi connectivity index (χ4v) is 10.7. The number of hydrogen-bond donors (Lipinski definition) is 2. The van der Waals surface area contributed by atoms with Crippen LogP contribution in [-0.2, 0) is 25.6 Å². The van der Waals surface area contributed by atoms with Crippen LogP contribution in [0.2, 0.25) is 0 Å². The zero-order chi connectivity index (χ0) is 30.4. The number of aromatic nitrogens is 1. The van der Waals surface area contributed by atoms with E-state index in [-0.39, 0.29) is 34.4 Å². The summed E-state index contributed by atoms with van der Waals surface area (Å²) in [6, 6.07) is 9.72. The molecule has 1 aliphatic heterocycles. The van der Waals surface area contributed by atoms with E-state index in [9.17, 15) is 14.7 Å². The lowest BCUT2D eigenvalue weighted by Crippen LogP contribution is -2.68. The Balaban J connectivity index is 1.22. The topological polar surface area (TPSA) is 104 Å². The van der Waals surface area contributed by atoms with Gasteiger partial charge < -0.3 is 24.9 Å². The van der Waals surface area contributed by atoms with Gasteiger partial charge in [-0.2, -0.15) is 0 Å². The summed E-state index contributed by atoms with van der Waals surface area (Å²) in [5, 5.41) is 11.9. The smallest absolute Gasteiger partial charge is 0.225 e. The molecule has 2 aromatic rings. The Hall–Kier alpha value is -2.07. The summed E-state index contributed by atoms with van der Waals surface area (Å²) in [5.74, 6) is -0.209. The Kier molecular flexibility index (Phi) is 7.05. The van der Waals surface area contributed by atoms with Gasteiger partial charge in [0.1, 0.15) is 0 Å². The van der Waals surface area contributed by atoms with Crippen molar-refractivity contribution in [1.82, 2.24) is 4.57 Å². The summed E-state index contributed by atoms with van der Waals surface area (Å²) in [4.78, 5) is 25.3. The number of carbonyl (C=O) groups is 2. The van der Waals surface area contributed by atoms with Crippen LogP contribution in [0.15, 0.2) is 66.5 Å². The maximum atomic E-state index is 14.1. The van der Waals surface area contributed by atoms with Crippen molar-refractivity contribution >= 4 is 51.5 Å². The molecule has 0 spiro atoms. The highest BCUT2D eigenvalue weighted by molar-refractivity contribution is 8.14. The summed E-state index contributed by atoms with van der Waals surface area (Å²) in [6.07, 6.45) is 9.16. The summed E-state index contributed by atoms with van der Waals surface area (Å²) < 4.78 is 15.5. The molecule has 9 atom stereocenters. The molecule has 5 aliphatic rings. The molecule has 4 fully saturated rings. The Bertz CT molecular complexity index is 1540. The van der Waals surface area contributed by atoms with Gasteiger partial charge in [0, 0.05) is 41.0 Å². The molecule has 2 heterocycles. The molecule has 7 rings (SSSR count). The maximum Gasteiger partial charge on any atom is 0.225 e. The molecular formula is C33H36Cl2N2O5S. The van der Waals surface area contributed by atoms with Crippen molar-refractivity contribution in [1.29, 1.82) is 0 Å². The quantitative estimate of drug-likeness (QED) is 0.305. The molecule has 0 amide bonds. The van der Waals surface area contributed by atoms with Gasteiger partial charge in [-0.1, -0.05) is 49.4 Å². The van der Waals surface area contributed by atoms with Gasteiger partial charge in [0.05, 0.1) is 22.3 Å². The molecule has 1 saturated heterocycles. The lowest BCUT2D eigenvalue weighted by molar-refractivity contribution is -0.190. The van der Waals surface area contributed by atoms with Crippen LogP contribution in [-0.4, -0.2) is 48.5 Å². The van der Waals surface area contributed by atoms with Crippen LogP contribution < -0.4 is 5.73 Å². The molecule has 3 N–H and O–H groups in total. The van der Waals surface area contributed by atoms with Gasteiger partial charge in [-0.3, -0.25) is 9.59 Å². The number of fused-ring (bicyclic) bond motifs is 7. The van der Waals surface area contributed by atoms with Crippen molar-refractivity contribution < 1.29 is 24.2 Å². The number of anilines is 1. The predicted molar refractivity (Wildman–Crippen MR) is 168 cm³/mol. The third kappa shape index (κ3) is 4.06. The number of alkyl halides is 2. The van der Waals surface area contributed by atoms with Gasteiger partial charge in [-0.15, -0.1) is 23.2 Å². The molecule has 0 radical (unpaired) electrons. The van der Waals surface area contributed by atoms with Gasteiger partial charge >= 0.3 is 0 Å². The van der Waals surface area contributed by atoms with E-state index in [4.69, 9.17) is 38.4 Å². The van der Waals surface area contributed by atoms with Crippen molar-refractivity contribution in [3.63, 3.8) is 0 Å². The number of allylic oxidation sites excluding steroid dienone is 4. The van der Waals surface area contributed by atoms with Crippen LogP contribution in [0.4, 0.5) is 5.69 Å². The molecule has 0 bridgehead atoms. The van der Waals surface area contributed by atoms with Gasteiger partial charge in [0.15, 0.2) is 17.7 Å². The molecule has 3 saturated carbocycles. The zero-order valence-electron chi connectivity index (χ0n) is 24.2. The molecule has 10 heteroatoms. The number of hydrogen-bond acceptors (Lipinski definition) is 7. The van der Waals surface area contributed by atoms with E-state index < -0.39 is 39.8 Å². The van der Waals surface area contributed by atoms with Crippen molar-refractivity contribution in [3.8, 4) is 0 Å². The number of carbonyl (C=O) groups excluding carboxylic acids is 2. The molecule has 43 heavy (non-hydrogen) atoms. The summed E-state index contributed by atoms with van der Waals surface area (Å²) >= 11 is 14.8. The van der Waals surface area contributed by atoms with Gasteiger partial charge in [-0.05, 0) is 73.4 Å². The summed E-state index contributed by atoms with van der Waals surface area (Å²) in [5.41, 5.74) is 6.74. The lowest BCUT2D eigenvalue weighted by atomic mass is 9.46. The fraction of sp³-hybridized carbons (Fsp3) is 0.515. The van der Waals surface area contributed by atoms with E-state index in [1.165, 1.54) is 0 Å². The Morgan fingerprint density at radius 2 is 1.98 bits per heavy atom. The van der Waals surface area contributed by atoms with Crippen LogP contribution in [0.1, 0.15) is 56.9 Å². The molecule has 228 valence electrons. The number of aliphatic hydroxyl groups is 1. The SMILES string of the molecule is C[C@]12C=CC(=O)C=C1CC[C@H]1[C@@H]3C[C@H]4O[C@@H](c5ccn(Cc6ccc(N)cc6)c5)O[C@@]4(C(=O)SCCl)[C@@]3(C)C[C@H](O)[C@@]12Cl. The number of ketones is 1. The number of thioether (sulfide) groups is 1. The van der Waals surface area contributed by atoms with Crippen molar-refractivity contribution in [2.45, 2.75) is 75.0 Å². The zero-order valence-corrected chi connectivity index (χ0v) is 26.5. The van der Waals surface area contributed by atoms with Crippen molar-refractivity contribution in [2.24, 2.45) is 22.7 Å². The number of benzene rings is 1. The lowest BCUT2D eigenvalue weighted by Gasteiger charge is -2.63. The highest BCUT2D eigenvalue weighted by atomic mass is 35.5. The first-order chi connectivity index (χ1) is 20.5. The maximum absolute atomic E-state index is 14.1. The van der Waals surface area contributed by atoms with Crippen molar-refractivity contribution in [2.75, 3.05) is 10.9 Å². The van der Waals surface area contributed by atoms with Crippen LogP contribution in [0, 0.1) is 22.7 Å². The van der Waals surface area contributed by atoms with Crippen LogP contribution >= 0.6 is 35.0 Å². The largest absolute Gasteiger partial charge is 0.399 e. The second kappa shape index (κ2) is 10.2. The minimum atomic E-state index is -1.30. The number of aliphatic hydroxyl groups excluding tert-OH is 1. The fourth-order valence-electron chi connectivity index (χ4n) is 9.14. The number of halogens is 2. The van der Waals surface area contributed by atoms with E-state index in [0.717, 1.165) is 34.1 Å². The third-order valence-electron chi connectivity index (χ3n) is 11.3. The minimum absolute atomic E-state index is 0.0428.